The minimum atomic E-state index is -4.56. The van der Waals surface area contributed by atoms with Crippen molar-refractivity contribution in [3.05, 3.63) is 0 Å². The number of piperidine rings is 1. The average molecular weight is 178 g/mol. The van der Waals surface area contributed by atoms with Gasteiger partial charge in [-0.3, -0.25) is 0 Å². The van der Waals surface area contributed by atoms with Crippen LogP contribution in [0.2, 0.25) is 5.82 Å². The molecule has 0 aromatic rings. The Labute approximate surface area is 69.8 Å². The molecular formula is C7H12BF3N-. The average Bonchev–Trinajstić information content (AvgIpc) is 2.65. The number of rotatable bonds is 1. The highest BCUT2D eigenvalue weighted by atomic mass is 19.4. The van der Waals surface area contributed by atoms with Gasteiger partial charge < -0.3 is 18.3 Å². The van der Waals surface area contributed by atoms with E-state index >= 15 is 0 Å². The largest absolute Gasteiger partial charge is 0.481 e. The first-order valence-corrected chi connectivity index (χ1v) is 4.45. The lowest BCUT2D eigenvalue weighted by Gasteiger charge is -2.27. The summed E-state index contributed by atoms with van der Waals surface area (Å²) in [5.74, 6) is -0.931. The van der Waals surface area contributed by atoms with E-state index in [9.17, 15) is 12.9 Å². The topological polar surface area (TPSA) is 12.0 Å². The van der Waals surface area contributed by atoms with Gasteiger partial charge in [0, 0.05) is 0 Å². The van der Waals surface area contributed by atoms with Crippen molar-refractivity contribution >= 4 is 6.98 Å². The number of hydrogen-bond acceptors (Lipinski definition) is 1. The molecule has 1 spiro atoms. The summed E-state index contributed by atoms with van der Waals surface area (Å²) in [6.07, 6.45) is 1.84. The van der Waals surface area contributed by atoms with Crippen molar-refractivity contribution in [3.8, 4) is 0 Å². The predicted octanol–water partition coefficient (Wildman–Crippen LogP) is 1.98. The van der Waals surface area contributed by atoms with Gasteiger partial charge in [0.25, 0.3) is 0 Å². The molecule has 1 N–H and O–H groups in total. The van der Waals surface area contributed by atoms with Gasteiger partial charge in [0.1, 0.15) is 0 Å². The van der Waals surface area contributed by atoms with Gasteiger partial charge in [-0.15, -0.1) is 0 Å². The summed E-state index contributed by atoms with van der Waals surface area (Å²) in [4.78, 5) is 0. The Morgan fingerprint density at radius 2 is 1.75 bits per heavy atom. The second kappa shape index (κ2) is 2.40. The van der Waals surface area contributed by atoms with Crippen LogP contribution in [0.5, 0.6) is 0 Å². The summed E-state index contributed by atoms with van der Waals surface area (Å²) in [6, 6.07) is 0. The molecule has 0 bridgehead atoms. The van der Waals surface area contributed by atoms with Crippen molar-refractivity contribution in [2.75, 3.05) is 13.1 Å². The molecule has 2 fully saturated rings. The Bertz CT molecular complexity index is 186. The van der Waals surface area contributed by atoms with Crippen LogP contribution in [0, 0.1) is 5.41 Å². The van der Waals surface area contributed by atoms with Crippen LogP contribution in [-0.2, 0) is 0 Å². The Hall–Kier alpha value is -0.185. The van der Waals surface area contributed by atoms with Gasteiger partial charge in [0.05, 0.1) is 0 Å². The van der Waals surface area contributed by atoms with Crippen molar-refractivity contribution in [3.63, 3.8) is 0 Å². The van der Waals surface area contributed by atoms with Gasteiger partial charge in [-0.05, 0) is 25.9 Å². The molecule has 2 aliphatic rings. The van der Waals surface area contributed by atoms with E-state index in [1.54, 1.807) is 0 Å². The van der Waals surface area contributed by atoms with Gasteiger partial charge in [-0.1, -0.05) is 17.7 Å². The lowest BCUT2D eigenvalue weighted by atomic mass is 9.75. The van der Waals surface area contributed by atoms with Gasteiger partial charge >= 0.3 is 6.98 Å². The fourth-order valence-corrected chi connectivity index (χ4v) is 2.41. The third-order valence-electron chi connectivity index (χ3n) is 3.31. The zero-order valence-corrected chi connectivity index (χ0v) is 6.82. The molecule has 1 heterocycles. The first-order chi connectivity index (χ1) is 5.55. The number of hydrogen-bond donors (Lipinski definition) is 1. The lowest BCUT2D eigenvalue weighted by Crippen LogP contribution is -2.31. The Morgan fingerprint density at radius 3 is 2.17 bits per heavy atom. The highest BCUT2D eigenvalue weighted by molar-refractivity contribution is 6.61. The first-order valence-electron chi connectivity index (χ1n) is 4.45. The van der Waals surface area contributed by atoms with Crippen LogP contribution in [0.1, 0.15) is 19.3 Å². The zero-order valence-electron chi connectivity index (χ0n) is 6.82. The molecule has 5 heteroatoms. The fourth-order valence-electron chi connectivity index (χ4n) is 2.41. The maximum absolute atomic E-state index is 12.3. The molecule has 0 aromatic carbocycles. The predicted molar refractivity (Wildman–Crippen MR) is 42.0 cm³/mol. The molecule has 1 atom stereocenters. The normalized spacial score (nSPS) is 33.8. The molecule has 1 nitrogen and oxygen atoms in total. The van der Waals surface area contributed by atoms with Crippen LogP contribution in [0.15, 0.2) is 0 Å². The van der Waals surface area contributed by atoms with E-state index in [1.807, 2.05) is 0 Å². The molecule has 1 saturated heterocycles. The summed E-state index contributed by atoms with van der Waals surface area (Å²) < 4.78 is 36.9. The summed E-state index contributed by atoms with van der Waals surface area (Å²) in [5.41, 5.74) is -0.330. The van der Waals surface area contributed by atoms with Gasteiger partial charge in [-0.2, -0.15) is 0 Å². The smallest absolute Gasteiger partial charge is 0.449 e. The molecule has 12 heavy (non-hydrogen) atoms. The monoisotopic (exact) mass is 178 g/mol. The highest BCUT2D eigenvalue weighted by Crippen LogP contribution is 2.68. The number of halogens is 3. The summed E-state index contributed by atoms with van der Waals surface area (Å²) in [7, 11) is 0. The third kappa shape index (κ3) is 1.24. The minimum absolute atomic E-state index is 0.330. The zero-order chi connectivity index (χ0) is 8.82. The molecule has 2 rings (SSSR count). The Balaban J connectivity index is 1.99. The fraction of sp³-hybridized carbons (Fsp3) is 1.00. The highest BCUT2D eigenvalue weighted by Gasteiger charge is 2.61. The van der Waals surface area contributed by atoms with Gasteiger partial charge in [0.15, 0.2) is 0 Å². The van der Waals surface area contributed by atoms with Crippen molar-refractivity contribution in [1.29, 1.82) is 0 Å². The molecule has 0 aromatic heterocycles. The molecular weight excluding hydrogens is 166 g/mol. The summed E-state index contributed by atoms with van der Waals surface area (Å²) in [5, 5.41) is 3.09. The molecule has 0 radical (unpaired) electrons. The van der Waals surface area contributed by atoms with E-state index in [2.05, 4.69) is 5.32 Å². The molecule has 70 valence electrons. The summed E-state index contributed by atoms with van der Waals surface area (Å²) in [6.45, 7) is -3.03. The van der Waals surface area contributed by atoms with Crippen LogP contribution in [-0.4, -0.2) is 20.1 Å². The van der Waals surface area contributed by atoms with Crippen molar-refractivity contribution in [2.24, 2.45) is 5.41 Å². The van der Waals surface area contributed by atoms with Crippen LogP contribution in [0.4, 0.5) is 12.9 Å². The van der Waals surface area contributed by atoms with Gasteiger partial charge in [0.2, 0.25) is 0 Å². The van der Waals surface area contributed by atoms with Gasteiger partial charge in [-0.25, -0.2) is 0 Å². The molecule has 0 amide bonds. The quantitative estimate of drug-likeness (QED) is 0.605. The van der Waals surface area contributed by atoms with E-state index in [1.165, 1.54) is 0 Å². The SMILES string of the molecule is F[B-](F)(F)C1CC12CCNCC2. The Kier molecular flexibility index (Phi) is 1.69. The maximum Gasteiger partial charge on any atom is 0.481 e. The van der Waals surface area contributed by atoms with Crippen molar-refractivity contribution in [1.82, 2.24) is 5.32 Å². The van der Waals surface area contributed by atoms with Crippen molar-refractivity contribution in [2.45, 2.75) is 25.1 Å². The Morgan fingerprint density at radius 1 is 1.17 bits per heavy atom. The standard InChI is InChI=1S/C7H12BF3N/c9-8(10,11)6-5-7(6)1-3-12-4-2-7/h6,12H,1-5H2/q-1. The van der Waals surface area contributed by atoms with E-state index in [0.29, 0.717) is 6.42 Å². The minimum Gasteiger partial charge on any atom is -0.449 e. The molecule has 1 unspecified atom stereocenters. The van der Waals surface area contributed by atoms with E-state index < -0.39 is 12.8 Å². The summed E-state index contributed by atoms with van der Waals surface area (Å²) >= 11 is 0. The third-order valence-corrected chi connectivity index (χ3v) is 3.31. The van der Waals surface area contributed by atoms with Crippen LogP contribution in [0.25, 0.3) is 0 Å². The maximum atomic E-state index is 12.3. The molecule has 1 saturated carbocycles. The van der Waals surface area contributed by atoms with Crippen molar-refractivity contribution < 1.29 is 12.9 Å². The van der Waals surface area contributed by atoms with Crippen LogP contribution < -0.4 is 5.32 Å². The lowest BCUT2D eigenvalue weighted by molar-refractivity contribution is 0.334. The van der Waals surface area contributed by atoms with Crippen LogP contribution in [0.3, 0.4) is 0 Å². The van der Waals surface area contributed by atoms with E-state index in [4.69, 9.17) is 0 Å². The molecule has 1 aliphatic heterocycles. The second-order valence-electron chi connectivity index (χ2n) is 4.05. The number of nitrogens with one attached hydrogen (secondary N) is 1. The van der Waals surface area contributed by atoms with E-state index in [-0.39, 0.29) is 5.41 Å². The van der Waals surface area contributed by atoms with E-state index in [0.717, 1.165) is 25.9 Å². The first kappa shape index (κ1) is 8.41. The second-order valence-corrected chi connectivity index (χ2v) is 4.05. The van der Waals surface area contributed by atoms with Crippen LogP contribution >= 0.6 is 0 Å². The molecule has 1 aliphatic carbocycles.